The summed E-state index contributed by atoms with van der Waals surface area (Å²) in [5, 5.41) is 20.5. The molecule has 198 valence electrons. The number of nitriles is 1. The van der Waals surface area contributed by atoms with E-state index in [-0.39, 0.29) is 39.3 Å². The van der Waals surface area contributed by atoms with Crippen LogP contribution in [0.3, 0.4) is 0 Å². The Kier molecular flexibility index (Phi) is 5.66. The van der Waals surface area contributed by atoms with Gasteiger partial charge in [-0.2, -0.15) is 5.26 Å². The van der Waals surface area contributed by atoms with Crippen molar-refractivity contribution < 1.29 is 14.7 Å². The number of carbonyl (C=O) groups is 2. The van der Waals surface area contributed by atoms with Gasteiger partial charge < -0.3 is 5.11 Å². The lowest BCUT2D eigenvalue weighted by atomic mass is 9.33. The molecule has 0 aromatic heterocycles. The van der Waals surface area contributed by atoms with Crippen LogP contribution in [0.25, 0.3) is 0 Å². The van der Waals surface area contributed by atoms with E-state index in [0.29, 0.717) is 12.3 Å². The number of halogens is 1. The molecule has 0 bridgehead atoms. The first-order chi connectivity index (χ1) is 16.5. The number of aliphatic carboxylic acids is 1. The van der Waals surface area contributed by atoms with E-state index in [1.165, 1.54) is 10.1 Å². The predicted molar refractivity (Wildman–Crippen MR) is 144 cm³/mol. The fourth-order valence-electron chi connectivity index (χ4n) is 10.8. The van der Waals surface area contributed by atoms with E-state index in [4.69, 9.17) is 0 Å². The first-order valence-corrected chi connectivity index (χ1v) is 14.9. The number of nitrogens with zero attached hydrogens (tertiary/aromatic N) is 1. The lowest BCUT2D eigenvalue weighted by molar-refractivity contribution is -0.193. The lowest BCUT2D eigenvalue weighted by Crippen LogP contribution is -2.66. The number of ketones is 1. The van der Waals surface area contributed by atoms with E-state index in [2.05, 4.69) is 70.5 Å². The van der Waals surface area contributed by atoms with Crippen molar-refractivity contribution in [3.05, 3.63) is 10.1 Å². The molecular weight excluding hydrogens is 514 g/mol. The van der Waals surface area contributed by atoms with Crippen molar-refractivity contribution in [1.82, 2.24) is 0 Å². The van der Waals surface area contributed by atoms with Gasteiger partial charge in [0.15, 0.2) is 5.78 Å². The molecule has 4 saturated carbocycles. The highest BCUT2D eigenvalue weighted by molar-refractivity contribution is 9.11. The van der Waals surface area contributed by atoms with Crippen LogP contribution in [-0.4, -0.2) is 16.9 Å². The van der Waals surface area contributed by atoms with Gasteiger partial charge in [-0.25, -0.2) is 0 Å². The molecule has 0 radical (unpaired) electrons. The zero-order chi connectivity index (χ0) is 26.7. The molecule has 8 atom stereocenters. The van der Waals surface area contributed by atoms with Gasteiger partial charge in [-0.15, -0.1) is 0 Å². The van der Waals surface area contributed by atoms with E-state index in [0.717, 1.165) is 51.4 Å². The average Bonchev–Trinajstić information content (AvgIpc) is 2.77. The van der Waals surface area contributed by atoms with Gasteiger partial charge >= 0.3 is 5.97 Å². The number of carbonyl (C=O) groups excluding carboxylic acids is 1. The van der Waals surface area contributed by atoms with E-state index in [1.807, 2.05) is 0 Å². The maximum atomic E-state index is 13.3. The quantitative estimate of drug-likeness (QED) is 0.355. The normalized spacial score (nSPS) is 49.1. The van der Waals surface area contributed by atoms with E-state index in [9.17, 15) is 20.0 Å². The second kappa shape index (κ2) is 7.71. The molecule has 5 aliphatic carbocycles. The van der Waals surface area contributed by atoms with E-state index < -0.39 is 22.7 Å². The Balaban J connectivity index is 1.67. The Labute approximate surface area is 225 Å². The van der Waals surface area contributed by atoms with E-state index >= 15 is 0 Å². The fourth-order valence-corrected chi connectivity index (χ4v) is 11.8. The van der Waals surface area contributed by atoms with Crippen molar-refractivity contribution in [2.75, 3.05) is 0 Å². The molecule has 4 fully saturated rings. The summed E-state index contributed by atoms with van der Waals surface area (Å²) in [6.45, 7) is 16.1. The Morgan fingerprint density at radius 3 is 2.22 bits per heavy atom. The number of rotatable bonds is 1. The summed E-state index contributed by atoms with van der Waals surface area (Å²) < 4.78 is 1.23. The van der Waals surface area contributed by atoms with Crippen LogP contribution in [0.5, 0.6) is 0 Å². The summed E-state index contributed by atoms with van der Waals surface area (Å²) in [6, 6.07) is 2.38. The van der Waals surface area contributed by atoms with Gasteiger partial charge in [0.25, 0.3) is 0 Å². The molecule has 0 aromatic rings. The number of carboxylic acid groups (broad SMARTS) is 1. The van der Waals surface area contributed by atoms with Crippen molar-refractivity contribution in [3.63, 3.8) is 0 Å². The van der Waals surface area contributed by atoms with Gasteiger partial charge in [0.2, 0.25) is 0 Å². The number of carboxylic acids is 1. The molecule has 1 N–H and O–H groups in total. The van der Waals surface area contributed by atoms with Crippen molar-refractivity contribution in [3.8, 4) is 6.07 Å². The van der Waals surface area contributed by atoms with Gasteiger partial charge in [0.05, 0.1) is 11.5 Å². The Morgan fingerprint density at radius 2 is 1.61 bits per heavy atom. The molecule has 5 unspecified atom stereocenters. The SMILES string of the molecule is CC1(C)CCC2(C(=O)O)CC[C@]3(C)C(=C(Br)CC4[C@@]5(C)CC(C#N)C(=O)C(C)(C)C5CC[C@]43C)C2C1. The highest BCUT2D eigenvalue weighted by Crippen LogP contribution is 2.77. The minimum Gasteiger partial charge on any atom is -0.481 e. The number of hydrogen-bond donors (Lipinski definition) is 1. The monoisotopic (exact) mass is 557 g/mol. The molecule has 0 aliphatic heterocycles. The summed E-state index contributed by atoms with van der Waals surface area (Å²) in [4.78, 5) is 26.2. The molecular formula is C31H44BrNO3. The third-order valence-corrected chi connectivity index (χ3v) is 13.7. The Hall–Kier alpha value is -1.15. The van der Waals surface area contributed by atoms with Gasteiger partial charge in [0.1, 0.15) is 5.92 Å². The molecule has 0 aromatic carbocycles. The minimum absolute atomic E-state index is 0.00752. The smallest absolute Gasteiger partial charge is 0.310 e. The van der Waals surface area contributed by atoms with Crippen LogP contribution in [0.4, 0.5) is 0 Å². The van der Waals surface area contributed by atoms with Crippen molar-refractivity contribution >= 4 is 27.7 Å². The number of allylic oxidation sites excluding steroid dienone is 2. The summed E-state index contributed by atoms with van der Waals surface area (Å²) in [7, 11) is 0. The molecule has 0 saturated heterocycles. The van der Waals surface area contributed by atoms with Crippen LogP contribution in [-0.2, 0) is 9.59 Å². The predicted octanol–water partition coefficient (Wildman–Crippen LogP) is 7.91. The maximum Gasteiger partial charge on any atom is 0.310 e. The second-order valence-corrected chi connectivity index (χ2v) is 16.2. The molecule has 0 spiro atoms. The number of Topliss-reactive ketones (excluding diaryl/α,β-unsaturated/α-hetero) is 1. The second-order valence-electron chi connectivity index (χ2n) is 15.3. The number of fused-ring (bicyclic) bond motifs is 7. The topological polar surface area (TPSA) is 78.2 Å². The highest BCUT2D eigenvalue weighted by atomic mass is 79.9. The van der Waals surface area contributed by atoms with Crippen molar-refractivity contribution in [2.45, 2.75) is 106 Å². The molecule has 36 heavy (non-hydrogen) atoms. The average molecular weight is 559 g/mol. The summed E-state index contributed by atoms with van der Waals surface area (Å²) in [6.07, 6.45) is 7.91. The molecule has 5 rings (SSSR count). The fraction of sp³-hybridized carbons (Fsp3) is 0.839. The van der Waals surface area contributed by atoms with Crippen molar-refractivity contribution in [2.24, 2.45) is 56.2 Å². The molecule has 5 heteroatoms. The summed E-state index contributed by atoms with van der Waals surface area (Å²) in [5.74, 6) is -0.339. The summed E-state index contributed by atoms with van der Waals surface area (Å²) in [5.41, 5.74) is 0.195. The molecule has 5 aliphatic rings. The van der Waals surface area contributed by atoms with Crippen LogP contribution < -0.4 is 0 Å². The lowest BCUT2D eigenvalue weighted by Gasteiger charge is -2.71. The first-order valence-electron chi connectivity index (χ1n) is 14.1. The molecule has 0 heterocycles. The van der Waals surface area contributed by atoms with Crippen LogP contribution in [0.15, 0.2) is 10.1 Å². The largest absolute Gasteiger partial charge is 0.481 e. The highest BCUT2D eigenvalue weighted by Gasteiger charge is 2.71. The van der Waals surface area contributed by atoms with Crippen LogP contribution in [0.1, 0.15) is 106 Å². The summed E-state index contributed by atoms with van der Waals surface area (Å²) >= 11 is 4.09. The maximum absolute atomic E-state index is 13.3. The van der Waals surface area contributed by atoms with Crippen molar-refractivity contribution in [1.29, 1.82) is 5.26 Å². The third kappa shape index (κ3) is 3.09. The minimum atomic E-state index is -0.654. The van der Waals surface area contributed by atoms with E-state index in [1.54, 1.807) is 0 Å². The van der Waals surface area contributed by atoms with Crippen LogP contribution in [0, 0.1) is 67.5 Å². The van der Waals surface area contributed by atoms with Crippen LogP contribution >= 0.6 is 15.9 Å². The zero-order valence-electron chi connectivity index (χ0n) is 23.3. The first kappa shape index (κ1) is 26.5. The Morgan fingerprint density at radius 1 is 0.972 bits per heavy atom. The standard InChI is InChI=1S/C31H44BrNO3/c1-26(2)10-12-31(25(35)36)13-11-30(7)23(19(31)16-26)20(32)14-22-28(5)15-18(17-33)24(34)27(3,4)21(28)8-9-29(22,30)6/h18-19,21-22H,8-16H2,1-7H3,(H,35,36)/t18?,19?,21?,22?,28-,29+,30+,31?/m0/s1. The van der Waals surface area contributed by atoms with Gasteiger partial charge in [-0.3, -0.25) is 9.59 Å². The number of hydrogen-bond acceptors (Lipinski definition) is 3. The van der Waals surface area contributed by atoms with Gasteiger partial charge in [0, 0.05) is 5.41 Å². The molecule has 4 nitrogen and oxygen atoms in total. The van der Waals surface area contributed by atoms with Crippen LogP contribution in [0.2, 0.25) is 0 Å². The van der Waals surface area contributed by atoms with Gasteiger partial charge in [-0.05, 0) is 107 Å². The third-order valence-electron chi connectivity index (χ3n) is 13.0. The zero-order valence-corrected chi connectivity index (χ0v) is 24.8. The van der Waals surface area contributed by atoms with Gasteiger partial charge in [-0.1, -0.05) is 64.4 Å². The Bertz CT molecular complexity index is 1100. The molecule has 0 amide bonds.